The van der Waals surface area contributed by atoms with E-state index in [9.17, 15) is 0 Å². The van der Waals surface area contributed by atoms with Crippen LogP contribution in [-0.2, 0) is 0 Å². The van der Waals surface area contributed by atoms with Crippen LogP contribution in [0.5, 0.6) is 0 Å². The normalized spacial score (nSPS) is 9.89. The van der Waals surface area contributed by atoms with Crippen molar-refractivity contribution < 1.29 is 0 Å². The molecule has 3 N–H and O–H groups in total. The lowest BCUT2D eigenvalue weighted by Crippen LogP contribution is -2.01. The van der Waals surface area contributed by atoms with E-state index in [1.165, 1.54) is 0 Å². The Balaban J connectivity index is 3.25. The second-order valence-electron chi connectivity index (χ2n) is 1.70. The van der Waals surface area contributed by atoms with E-state index in [1.807, 2.05) is 0 Å². The molecule has 0 aliphatic heterocycles. The van der Waals surface area contributed by atoms with Gasteiger partial charge in [-0.15, -0.1) is 0 Å². The quantitative estimate of drug-likeness (QED) is 0.609. The summed E-state index contributed by atoms with van der Waals surface area (Å²) in [5.74, 6) is 0. The van der Waals surface area contributed by atoms with Crippen LogP contribution in [0.3, 0.4) is 0 Å². The molecule has 0 aliphatic carbocycles. The Labute approximate surface area is 63.4 Å². The van der Waals surface area contributed by atoms with Crippen LogP contribution in [0.4, 0.5) is 11.4 Å². The van der Waals surface area contributed by atoms with E-state index in [-0.39, 0.29) is 0 Å². The molecular weight excluding hydrogens is 152 g/mol. The van der Waals surface area contributed by atoms with Crippen LogP contribution in [0.15, 0.2) is 0 Å². The van der Waals surface area contributed by atoms with Gasteiger partial charge in [0.25, 0.3) is 0 Å². The van der Waals surface area contributed by atoms with Gasteiger partial charge in [0.05, 0.1) is 20.4 Å². The first-order valence-corrected chi connectivity index (χ1v) is 3.26. The fourth-order valence-electron chi connectivity index (χ4n) is 0.657. The number of nitrogens with two attached hydrogens (primary N) is 1. The van der Waals surface area contributed by atoms with Crippen molar-refractivity contribution in [2.45, 2.75) is 0 Å². The molecule has 1 aromatic carbocycles. The van der Waals surface area contributed by atoms with Gasteiger partial charge in [0.15, 0.2) is 0 Å². The van der Waals surface area contributed by atoms with E-state index in [0.29, 0.717) is 14.7 Å². The van der Waals surface area contributed by atoms with Crippen LogP contribution < -0.4 is 11.1 Å². The molecule has 1 aromatic rings. The molecule has 0 heterocycles. The van der Waals surface area contributed by atoms with Crippen molar-refractivity contribution in [2.75, 3.05) is 18.1 Å². The molecule has 0 spiro atoms. The van der Waals surface area contributed by atoms with Crippen molar-refractivity contribution in [1.29, 1.82) is 0 Å². The van der Waals surface area contributed by atoms with E-state index in [1.54, 1.807) is 7.05 Å². The van der Waals surface area contributed by atoms with E-state index >= 15 is 0 Å². The summed E-state index contributed by atoms with van der Waals surface area (Å²) in [5, 5.41) is 2.86. The van der Waals surface area contributed by atoms with Gasteiger partial charge in [0.1, 0.15) is 0 Å². The van der Waals surface area contributed by atoms with Gasteiger partial charge in [-0.3, -0.25) is 0 Å². The minimum atomic E-state index is 0.620. The van der Waals surface area contributed by atoms with Crippen molar-refractivity contribution in [2.24, 2.45) is 0 Å². The maximum absolute atomic E-state index is 5.46. The molecule has 0 aromatic heterocycles. The molecular formula is C5H6N2S2. The average molecular weight is 158 g/mol. The highest BCUT2D eigenvalue weighted by atomic mass is 32.1. The average Bonchev–Trinajstić information content (AvgIpc) is 1.89. The lowest BCUT2D eigenvalue weighted by Gasteiger charge is -2.07. The first kappa shape index (κ1) is 6.64. The molecule has 9 heavy (non-hydrogen) atoms. The SMILES string of the molecule is CNc1c(N)c(=S)c1=S. The summed E-state index contributed by atoms with van der Waals surface area (Å²) in [6.07, 6.45) is 0. The van der Waals surface area contributed by atoms with Crippen LogP contribution in [0.2, 0.25) is 0 Å². The largest absolute Gasteiger partial charge is 0.396 e. The smallest absolute Gasteiger partial charge is 0.0832 e. The summed E-state index contributed by atoms with van der Waals surface area (Å²) in [6, 6.07) is 0. The van der Waals surface area contributed by atoms with E-state index in [2.05, 4.69) is 5.32 Å². The molecule has 4 heteroatoms. The Morgan fingerprint density at radius 2 is 1.89 bits per heavy atom. The van der Waals surface area contributed by atoms with Crippen LogP contribution in [-0.4, -0.2) is 7.05 Å². The van der Waals surface area contributed by atoms with Crippen molar-refractivity contribution in [1.82, 2.24) is 0 Å². The van der Waals surface area contributed by atoms with Crippen molar-refractivity contribution >= 4 is 35.8 Å². The Morgan fingerprint density at radius 1 is 1.33 bits per heavy atom. The first-order valence-electron chi connectivity index (χ1n) is 2.45. The predicted octanol–water partition coefficient (Wildman–Crippen LogP) is 1.65. The molecule has 0 atom stereocenters. The highest BCUT2D eigenvalue weighted by Gasteiger charge is 2.07. The standard InChI is InChI=1S/C5H6N2S2/c1-7-3-2(6)4(8)5(3)9/h7H,6H2,1H3. The third kappa shape index (κ3) is 0.746. The zero-order valence-corrected chi connectivity index (χ0v) is 6.53. The molecule has 48 valence electrons. The van der Waals surface area contributed by atoms with Gasteiger partial charge in [-0.1, -0.05) is 24.4 Å². The van der Waals surface area contributed by atoms with Crippen LogP contribution >= 0.6 is 24.4 Å². The molecule has 0 aliphatic rings. The number of rotatable bonds is 1. The summed E-state index contributed by atoms with van der Waals surface area (Å²) in [5.41, 5.74) is 6.89. The number of hydrogen-bond acceptors (Lipinski definition) is 4. The van der Waals surface area contributed by atoms with Crippen LogP contribution in [0, 0.1) is 9.02 Å². The molecule has 0 unspecified atom stereocenters. The molecule has 0 radical (unpaired) electrons. The number of nitrogens with one attached hydrogen (secondary N) is 1. The van der Waals surface area contributed by atoms with Gasteiger partial charge in [0.2, 0.25) is 0 Å². The van der Waals surface area contributed by atoms with E-state index in [0.717, 1.165) is 5.69 Å². The zero-order valence-electron chi connectivity index (χ0n) is 4.89. The fourth-order valence-corrected chi connectivity index (χ4v) is 1.18. The molecule has 0 amide bonds. The maximum atomic E-state index is 5.46. The highest BCUT2D eigenvalue weighted by Crippen LogP contribution is 2.27. The van der Waals surface area contributed by atoms with Gasteiger partial charge >= 0.3 is 0 Å². The van der Waals surface area contributed by atoms with E-state index < -0.39 is 0 Å². The highest BCUT2D eigenvalue weighted by molar-refractivity contribution is 7.74. The second kappa shape index (κ2) is 2.04. The van der Waals surface area contributed by atoms with Crippen LogP contribution in [0.25, 0.3) is 0 Å². The molecule has 0 fully saturated rings. The Bertz CT molecular complexity index is 296. The summed E-state index contributed by atoms with van der Waals surface area (Å²) in [6.45, 7) is 0. The van der Waals surface area contributed by atoms with Gasteiger partial charge in [0, 0.05) is 7.05 Å². The van der Waals surface area contributed by atoms with Gasteiger partial charge in [-0.2, -0.15) is 0 Å². The maximum Gasteiger partial charge on any atom is 0.0832 e. The first-order chi connectivity index (χ1) is 4.18. The van der Waals surface area contributed by atoms with E-state index in [4.69, 9.17) is 30.2 Å². The minimum Gasteiger partial charge on any atom is -0.396 e. The third-order valence-corrected chi connectivity index (χ3v) is 2.16. The topological polar surface area (TPSA) is 38.0 Å². The van der Waals surface area contributed by atoms with Crippen molar-refractivity contribution in [3.63, 3.8) is 0 Å². The van der Waals surface area contributed by atoms with Crippen LogP contribution in [0.1, 0.15) is 0 Å². The molecule has 1 rings (SSSR count). The predicted molar refractivity (Wildman–Crippen MR) is 44.4 cm³/mol. The van der Waals surface area contributed by atoms with Crippen molar-refractivity contribution in [3.05, 3.63) is 9.02 Å². The summed E-state index contributed by atoms with van der Waals surface area (Å²) < 4.78 is 1.30. The molecule has 0 saturated carbocycles. The molecule has 0 bridgehead atoms. The zero-order chi connectivity index (χ0) is 7.02. The Kier molecular flexibility index (Phi) is 1.50. The van der Waals surface area contributed by atoms with Gasteiger partial charge in [-0.05, 0) is 0 Å². The fraction of sp³-hybridized carbons (Fsp3) is 0.200. The third-order valence-electron chi connectivity index (χ3n) is 1.20. The Hall–Kier alpha value is -0.480. The number of nitrogen functional groups attached to an aromatic ring is 1. The summed E-state index contributed by atoms with van der Waals surface area (Å²) in [4.78, 5) is 0. The summed E-state index contributed by atoms with van der Waals surface area (Å²) >= 11 is 9.67. The monoisotopic (exact) mass is 158 g/mol. The molecule has 2 nitrogen and oxygen atoms in total. The number of anilines is 2. The summed E-state index contributed by atoms with van der Waals surface area (Å²) in [7, 11) is 1.77. The second-order valence-corrected chi connectivity index (χ2v) is 2.51. The van der Waals surface area contributed by atoms with Gasteiger partial charge in [-0.25, -0.2) is 0 Å². The molecule has 0 saturated heterocycles. The number of hydrogen-bond donors (Lipinski definition) is 2. The lowest BCUT2D eigenvalue weighted by atomic mass is 10.2. The van der Waals surface area contributed by atoms with Gasteiger partial charge < -0.3 is 11.1 Å². The minimum absolute atomic E-state index is 0.620. The Morgan fingerprint density at radius 3 is 2.11 bits per heavy atom. The van der Waals surface area contributed by atoms with Crippen molar-refractivity contribution in [3.8, 4) is 0 Å². The lowest BCUT2D eigenvalue weighted by molar-refractivity contribution is 1.46.